The number of nitrogens with zero attached hydrogens (tertiary/aromatic N) is 3. The van der Waals surface area contributed by atoms with Gasteiger partial charge in [-0.2, -0.15) is 0 Å². The van der Waals surface area contributed by atoms with Gasteiger partial charge < -0.3 is 15.2 Å². The lowest BCUT2D eigenvalue weighted by atomic mass is 9.68. The first kappa shape index (κ1) is 23.5. The van der Waals surface area contributed by atoms with Crippen LogP contribution in [-0.4, -0.2) is 40.1 Å². The van der Waals surface area contributed by atoms with E-state index in [1.54, 1.807) is 0 Å². The van der Waals surface area contributed by atoms with Gasteiger partial charge in [0, 0.05) is 54.5 Å². The summed E-state index contributed by atoms with van der Waals surface area (Å²) in [5.74, 6) is 0. The Kier molecular flexibility index (Phi) is 8.65. The topological polar surface area (TPSA) is 47.1 Å². The molecular weight excluding hydrogens is 415 g/mol. The Morgan fingerprint density at radius 3 is 2.36 bits per heavy atom. The second-order valence-electron chi connectivity index (χ2n) is 8.00. The first-order valence-electron chi connectivity index (χ1n) is 9.88. The summed E-state index contributed by atoms with van der Waals surface area (Å²) >= 11 is 6.23. The first-order valence-corrected chi connectivity index (χ1v) is 10.3. The molecule has 2 aliphatic rings. The van der Waals surface area contributed by atoms with Crippen molar-refractivity contribution >= 4 is 36.4 Å². The maximum Gasteiger partial charge on any atom is 0.0948 e. The average molecular weight is 446 g/mol. The molecule has 1 aromatic carbocycles. The van der Waals surface area contributed by atoms with Crippen LogP contribution in [0.15, 0.2) is 43.0 Å². The fourth-order valence-electron chi connectivity index (χ4n) is 4.98. The minimum atomic E-state index is 0. The van der Waals surface area contributed by atoms with E-state index in [4.69, 9.17) is 17.3 Å². The van der Waals surface area contributed by atoms with Gasteiger partial charge in [-0.05, 0) is 56.2 Å². The molecule has 4 nitrogen and oxygen atoms in total. The van der Waals surface area contributed by atoms with E-state index < -0.39 is 0 Å². The zero-order valence-electron chi connectivity index (χ0n) is 16.2. The van der Waals surface area contributed by atoms with Gasteiger partial charge in [-0.25, -0.2) is 4.98 Å². The van der Waals surface area contributed by atoms with Gasteiger partial charge in [-0.1, -0.05) is 23.7 Å². The van der Waals surface area contributed by atoms with E-state index in [-0.39, 0.29) is 30.2 Å². The Bertz CT molecular complexity index is 706. The Morgan fingerprint density at radius 1 is 1.07 bits per heavy atom. The van der Waals surface area contributed by atoms with Crippen molar-refractivity contribution in [1.29, 1.82) is 0 Å². The number of imidazole rings is 1. The van der Waals surface area contributed by atoms with Crippen LogP contribution in [0, 0.1) is 0 Å². The van der Waals surface area contributed by atoms with Crippen LogP contribution in [-0.2, 0) is 5.41 Å². The van der Waals surface area contributed by atoms with E-state index in [0.717, 1.165) is 17.9 Å². The highest BCUT2D eigenvalue weighted by Gasteiger charge is 2.38. The molecule has 7 heteroatoms. The van der Waals surface area contributed by atoms with Crippen molar-refractivity contribution in [2.45, 2.75) is 56.0 Å². The first-order chi connectivity index (χ1) is 12.7. The summed E-state index contributed by atoms with van der Waals surface area (Å²) in [6, 6.07) is 9.65. The summed E-state index contributed by atoms with van der Waals surface area (Å²) in [5, 5.41) is 0.819. The number of piperidine rings is 1. The number of hydrogen-bond donors (Lipinski definition) is 1. The van der Waals surface area contributed by atoms with Crippen molar-refractivity contribution in [3.63, 3.8) is 0 Å². The van der Waals surface area contributed by atoms with Crippen molar-refractivity contribution < 1.29 is 0 Å². The average Bonchev–Trinajstić information content (AvgIpc) is 3.23. The Labute approximate surface area is 185 Å². The number of halogens is 3. The fourth-order valence-corrected chi connectivity index (χ4v) is 5.17. The molecule has 1 saturated carbocycles. The molecule has 1 aliphatic heterocycles. The summed E-state index contributed by atoms with van der Waals surface area (Å²) in [7, 11) is 0. The molecule has 0 radical (unpaired) electrons. The van der Waals surface area contributed by atoms with E-state index in [1.165, 1.54) is 44.3 Å². The molecule has 1 saturated heterocycles. The van der Waals surface area contributed by atoms with Crippen LogP contribution in [0.3, 0.4) is 0 Å². The van der Waals surface area contributed by atoms with Crippen LogP contribution in [0.2, 0.25) is 5.02 Å². The third-order valence-corrected chi connectivity index (χ3v) is 6.94. The van der Waals surface area contributed by atoms with Crippen molar-refractivity contribution in [1.82, 2.24) is 14.5 Å². The van der Waals surface area contributed by atoms with E-state index in [1.807, 2.05) is 18.6 Å². The highest BCUT2D eigenvalue weighted by molar-refractivity contribution is 6.30. The lowest BCUT2D eigenvalue weighted by Gasteiger charge is -2.45. The van der Waals surface area contributed by atoms with E-state index in [0.29, 0.717) is 18.6 Å². The summed E-state index contributed by atoms with van der Waals surface area (Å²) in [5.41, 5.74) is 7.68. The summed E-state index contributed by atoms with van der Waals surface area (Å²) < 4.78 is 2.27. The molecule has 2 fully saturated rings. The predicted octanol–water partition coefficient (Wildman–Crippen LogP) is 4.86. The van der Waals surface area contributed by atoms with Gasteiger partial charge in [0.15, 0.2) is 0 Å². The molecule has 0 unspecified atom stereocenters. The highest BCUT2D eigenvalue weighted by Crippen LogP contribution is 2.41. The number of aromatic nitrogens is 2. The quantitative estimate of drug-likeness (QED) is 0.731. The lowest BCUT2D eigenvalue weighted by molar-refractivity contribution is 0.0893. The SMILES string of the molecule is Cl.Cl.NC[C@]1(c2cccc(Cl)c2)CC[C@@H](N2CCC(n3ccnc3)CC2)CC1. The molecule has 28 heavy (non-hydrogen) atoms. The van der Waals surface area contributed by atoms with E-state index in [2.05, 4.69) is 38.8 Å². The molecule has 2 aromatic rings. The summed E-state index contributed by atoms with van der Waals surface area (Å²) in [4.78, 5) is 6.91. The predicted molar refractivity (Wildman–Crippen MR) is 121 cm³/mol. The zero-order valence-corrected chi connectivity index (χ0v) is 18.6. The molecule has 0 spiro atoms. The molecular formula is C21H31Cl3N4. The molecule has 156 valence electrons. The smallest absolute Gasteiger partial charge is 0.0948 e. The second-order valence-corrected chi connectivity index (χ2v) is 8.44. The number of nitrogens with two attached hydrogens (primary N) is 1. The standard InChI is InChI=1S/C21H29ClN4.2ClH/c22-18-3-1-2-17(14-18)21(15-23)8-4-19(5-9-21)25-11-6-20(7-12-25)26-13-10-24-16-26;;/h1-3,10,13-14,16,19-20H,4-9,11-12,15,23H2;2*1H/t19-,21+;;. The molecule has 1 aliphatic carbocycles. The van der Waals surface area contributed by atoms with Gasteiger partial charge in [0.2, 0.25) is 0 Å². The molecule has 0 bridgehead atoms. The van der Waals surface area contributed by atoms with Crippen LogP contribution >= 0.6 is 36.4 Å². The molecule has 4 rings (SSSR count). The van der Waals surface area contributed by atoms with Crippen LogP contribution in [0.5, 0.6) is 0 Å². The maximum atomic E-state index is 6.25. The lowest BCUT2D eigenvalue weighted by Crippen LogP contribution is -2.47. The van der Waals surface area contributed by atoms with Crippen molar-refractivity contribution in [3.05, 3.63) is 53.6 Å². The van der Waals surface area contributed by atoms with Crippen molar-refractivity contribution in [2.75, 3.05) is 19.6 Å². The summed E-state index contributed by atoms with van der Waals surface area (Å²) in [6.07, 6.45) is 13.2. The van der Waals surface area contributed by atoms with Crippen LogP contribution in [0.4, 0.5) is 0 Å². The van der Waals surface area contributed by atoms with Crippen LogP contribution in [0.1, 0.15) is 50.1 Å². The minimum Gasteiger partial charge on any atom is -0.334 e. The largest absolute Gasteiger partial charge is 0.334 e. The minimum absolute atomic E-state index is 0. The third-order valence-electron chi connectivity index (χ3n) is 6.70. The van der Waals surface area contributed by atoms with Gasteiger partial charge in [0.1, 0.15) is 0 Å². The van der Waals surface area contributed by atoms with Crippen molar-refractivity contribution in [2.24, 2.45) is 5.73 Å². The second kappa shape index (κ2) is 10.3. The van der Waals surface area contributed by atoms with Gasteiger partial charge in [-0.3, -0.25) is 0 Å². The van der Waals surface area contributed by atoms with Crippen molar-refractivity contribution in [3.8, 4) is 0 Å². The Balaban J connectivity index is 0.00000140. The van der Waals surface area contributed by atoms with Gasteiger partial charge in [0.25, 0.3) is 0 Å². The molecule has 0 amide bonds. The van der Waals surface area contributed by atoms with E-state index >= 15 is 0 Å². The molecule has 2 heterocycles. The van der Waals surface area contributed by atoms with Crippen LogP contribution < -0.4 is 5.73 Å². The monoisotopic (exact) mass is 444 g/mol. The van der Waals surface area contributed by atoms with Gasteiger partial charge >= 0.3 is 0 Å². The van der Waals surface area contributed by atoms with E-state index in [9.17, 15) is 0 Å². The van der Waals surface area contributed by atoms with Gasteiger partial charge in [-0.15, -0.1) is 24.8 Å². The Hall–Kier alpha value is -0.780. The molecule has 0 atom stereocenters. The number of likely N-dealkylation sites (tertiary alicyclic amines) is 1. The van der Waals surface area contributed by atoms with Gasteiger partial charge in [0.05, 0.1) is 6.33 Å². The zero-order chi connectivity index (χ0) is 18.0. The number of hydrogen-bond acceptors (Lipinski definition) is 3. The van der Waals surface area contributed by atoms with Crippen LogP contribution in [0.25, 0.3) is 0 Å². The maximum absolute atomic E-state index is 6.25. The molecule has 1 aromatic heterocycles. The number of benzene rings is 1. The summed E-state index contributed by atoms with van der Waals surface area (Å²) in [6.45, 7) is 3.10. The number of rotatable bonds is 4. The fraction of sp³-hybridized carbons (Fsp3) is 0.571. The highest BCUT2D eigenvalue weighted by atomic mass is 35.5. The normalized spacial score (nSPS) is 26.3. The third kappa shape index (κ3) is 4.85. The Morgan fingerprint density at radius 2 is 1.79 bits per heavy atom. The molecule has 2 N–H and O–H groups in total.